The van der Waals surface area contributed by atoms with Crippen LogP contribution in [0.2, 0.25) is 0 Å². The maximum atomic E-state index is 12.5. The summed E-state index contributed by atoms with van der Waals surface area (Å²) in [7, 11) is 3.50. The smallest absolute Gasteiger partial charge is 0.265 e. The Bertz CT molecular complexity index is 792. The molecule has 3 rings (SSSR count). The van der Waals surface area contributed by atoms with Gasteiger partial charge >= 0.3 is 0 Å². The lowest BCUT2D eigenvalue weighted by atomic mass is 10.1. The Morgan fingerprint density at radius 3 is 2.84 bits per heavy atom. The minimum absolute atomic E-state index is 0. The Morgan fingerprint density at radius 1 is 1.44 bits per heavy atom. The van der Waals surface area contributed by atoms with E-state index in [1.165, 1.54) is 0 Å². The first-order valence-electron chi connectivity index (χ1n) is 7.56. The molecule has 0 saturated heterocycles. The third-order valence-electron chi connectivity index (χ3n) is 3.79. The molecule has 0 spiro atoms. The van der Waals surface area contributed by atoms with E-state index in [1.54, 1.807) is 56.3 Å². The third kappa shape index (κ3) is 3.92. The van der Waals surface area contributed by atoms with Gasteiger partial charge in [-0.05, 0) is 32.2 Å². The first kappa shape index (κ1) is 18.8. The third-order valence-corrected chi connectivity index (χ3v) is 3.79. The highest BCUT2D eigenvalue weighted by molar-refractivity contribution is 6.00. The van der Waals surface area contributed by atoms with Crippen molar-refractivity contribution < 1.29 is 14.3 Å². The average molecular weight is 366 g/mol. The molecule has 0 bridgehead atoms. The number of carbonyl (C=O) groups excluding carboxylic acids is 2. The van der Waals surface area contributed by atoms with E-state index in [4.69, 9.17) is 4.74 Å². The molecule has 0 radical (unpaired) electrons. The number of likely N-dealkylation sites (N-methyl/N-ethyl adjacent to an activating group) is 1. The number of nitrogens with one attached hydrogen (secondary N) is 3. The van der Waals surface area contributed by atoms with Gasteiger partial charge in [0, 0.05) is 24.5 Å². The van der Waals surface area contributed by atoms with Crippen LogP contribution in [0.5, 0.6) is 5.75 Å². The standard InChI is InChI=1S/C16H19N5O3.ClH/c1-9-15(22)20-12-6-11(4-5-13(12)24-9)19-16(23)14(17-2)10-7-18-21(3)8-10;/h4-9,14,17H,1-3H3,(H,19,23)(H,20,22);1H. The highest BCUT2D eigenvalue weighted by atomic mass is 35.5. The lowest BCUT2D eigenvalue weighted by Crippen LogP contribution is -2.34. The number of halogens is 1. The number of carbonyl (C=O) groups is 2. The number of benzene rings is 1. The average Bonchev–Trinajstić information content (AvgIpc) is 2.95. The van der Waals surface area contributed by atoms with Crippen LogP contribution in [-0.2, 0) is 16.6 Å². The van der Waals surface area contributed by atoms with Crippen molar-refractivity contribution in [3.8, 4) is 5.75 Å². The van der Waals surface area contributed by atoms with E-state index < -0.39 is 12.1 Å². The summed E-state index contributed by atoms with van der Waals surface area (Å²) in [6.07, 6.45) is 2.89. The van der Waals surface area contributed by atoms with E-state index in [9.17, 15) is 9.59 Å². The van der Waals surface area contributed by atoms with Crippen molar-refractivity contribution in [3.63, 3.8) is 0 Å². The van der Waals surface area contributed by atoms with Gasteiger partial charge in [-0.3, -0.25) is 14.3 Å². The number of ether oxygens (including phenoxy) is 1. The van der Waals surface area contributed by atoms with E-state index >= 15 is 0 Å². The van der Waals surface area contributed by atoms with E-state index in [1.807, 2.05) is 0 Å². The number of aromatic nitrogens is 2. The minimum Gasteiger partial charge on any atom is -0.479 e. The summed E-state index contributed by atoms with van der Waals surface area (Å²) < 4.78 is 7.14. The molecule has 2 aromatic rings. The van der Waals surface area contributed by atoms with Crippen LogP contribution in [0.3, 0.4) is 0 Å². The van der Waals surface area contributed by atoms with E-state index in [0.717, 1.165) is 5.56 Å². The SMILES string of the molecule is CNC(C(=O)Nc1ccc2c(c1)NC(=O)C(C)O2)c1cnn(C)c1.Cl. The van der Waals surface area contributed by atoms with Crippen molar-refractivity contribution in [2.24, 2.45) is 7.05 Å². The highest BCUT2D eigenvalue weighted by Gasteiger charge is 2.25. The van der Waals surface area contributed by atoms with Gasteiger partial charge in [0.15, 0.2) is 6.10 Å². The van der Waals surface area contributed by atoms with Gasteiger partial charge in [0.05, 0.1) is 11.9 Å². The van der Waals surface area contributed by atoms with Gasteiger partial charge in [0.2, 0.25) is 5.91 Å². The van der Waals surface area contributed by atoms with Gasteiger partial charge < -0.3 is 20.7 Å². The monoisotopic (exact) mass is 365 g/mol. The second-order valence-electron chi connectivity index (χ2n) is 5.62. The molecule has 8 nitrogen and oxygen atoms in total. The van der Waals surface area contributed by atoms with Crippen LogP contribution < -0.4 is 20.7 Å². The summed E-state index contributed by atoms with van der Waals surface area (Å²) in [6, 6.07) is 4.60. The zero-order chi connectivity index (χ0) is 17.3. The minimum atomic E-state index is -0.530. The molecule has 25 heavy (non-hydrogen) atoms. The summed E-state index contributed by atoms with van der Waals surface area (Å²) in [5, 5.41) is 12.6. The molecular formula is C16H20ClN5O3. The molecule has 1 aromatic heterocycles. The molecule has 1 aliphatic rings. The van der Waals surface area contributed by atoms with Gasteiger partial charge in [-0.25, -0.2) is 0 Å². The quantitative estimate of drug-likeness (QED) is 0.762. The molecule has 3 N–H and O–H groups in total. The van der Waals surface area contributed by atoms with Crippen LogP contribution in [0.15, 0.2) is 30.6 Å². The van der Waals surface area contributed by atoms with Crippen LogP contribution in [0.1, 0.15) is 18.5 Å². The molecule has 2 heterocycles. The van der Waals surface area contributed by atoms with Crippen molar-refractivity contribution in [3.05, 3.63) is 36.2 Å². The summed E-state index contributed by atoms with van der Waals surface area (Å²) >= 11 is 0. The number of fused-ring (bicyclic) bond motifs is 1. The Kier molecular flexibility index (Phi) is 5.66. The molecular weight excluding hydrogens is 346 g/mol. The fourth-order valence-electron chi connectivity index (χ4n) is 2.54. The zero-order valence-corrected chi connectivity index (χ0v) is 14.9. The second kappa shape index (κ2) is 7.54. The lowest BCUT2D eigenvalue weighted by Gasteiger charge is -2.24. The summed E-state index contributed by atoms with van der Waals surface area (Å²) in [4.78, 5) is 24.2. The van der Waals surface area contributed by atoms with E-state index in [0.29, 0.717) is 17.1 Å². The Labute approximate surface area is 151 Å². The largest absolute Gasteiger partial charge is 0.479 e. The molecule has 1 aromatic carbocycles. The second-order valence-corrected chi connectivity index (χ2v) is 5.62. The molecule has 0 aliphatic carbocycles. The highest BCUT2D eigenvalue weighted by Crippen LogP contribution is 2.32. The molecule has 134 valence electrons. The van der Waals surface area contributed by atoms with E-state index in [2.05, 4.69) is 21.0 Å². The first-order chi connectivity index (χ1) is 11.5. The van der Waals surface area contributed by atoms with E-state index in [-0.39, 0.29) is 24.2 Å². The number of rotatable bonds is 4. The van der Waals surface area contributed by atoms with Gasteiger partial charge in [0.1, 0.15) is 11.8 Å². The Morgan fingerprint density at radius 2 is 2.20 bits per heavy atom. The van der Waals surface area contributed by atoms with Gasteiger partial charge in [-0.1, -0.05) is 0 Å². The van der Waals surface area contributed by atoms with Crippen molar-refractivity contribution in [1.82, 2.24) is 15.1 Å². The van der Waals surface area contributed by atoms with Gasteiger partial charge in [-0.2, -0.15) is 5.10 Å². The van der Waals surface area contributed by atoms with Gasteiger partial charge in [-0.15, -0.1) is 12.4 Å². The number of anilines is 2. The van der Waals surface area contributed by atoms with Crippen molar-refractivity contribution in [1.29, 1.82) is 0 Å². The predicted octanol–water partition coefficient (Wildman–Crippen LogP) is 1.46. The molecule has 2 atom stereocenters. The molecule has 0 saturated carbocycles. The maximum Gasteiger partial charge on any atom is 0.265 e. The molecule has 9 heteroatoms. The number of amides is 2. The topological polar surface area (TPSA) is 97.3 Å². The Balaban J connectivity index is 0.00000225. The van der Waals surface area contributed by atoms with Crippen molar-refractivity contribution >= 4 is 35.6 Å². The maximum absolute atomic E-state index is 12.5. The van der Waals surface area contributed by atoms with Crippen LogP contribution >= 0.6 is 12.4 Å². The molecule has 0 fully saturated rings. The summed E-state index contributed by atoms with van der Waals surface area (Å²) in [5.74, 6) is 0.147. The normalized spacial score (nSPS) is 16.8. The van der Waals surface area contributed by atoms with Crippen LogP contribution in [0.4, 0.5) is 11.4 Å². The Hall–Kier alpha value is -2.58. The zero-order valence-electron chi connectivity index (χ0n) is 14.1. The predicted molar refractivity (Wildman–Crippen MR) is 96.0 cm³/mol. The fourth-order valence-corrected chi connectivity index (χ4v) is 2.54. The van der Waals surface area contributed by atoms with Crippen molar-refractivity contribution in [2.45, 2.75) is 19.1 Å². The summed E-state index contributed by atoms with van der Waals surface area (Å²) in [5.41, 5.74) is 1.88. The number of nitrogens with zero attached hydrogens (tertiary/aromatic N) is 2. The lowest BCUT2D eigenvalue weighted by molar-refractivity contribution is -0.122. The molecule has 1 aliphatic heterocycles. The first-order valence-corrected chi connectivity index (χ1v) is 7.56. The van der Waals surface area contributed by atoms with Gasteiger partial charge in [0.25, 0.3) is 5.91 Å². The van der Waals surface area contributed by atoms with Crippen molar-refractivity contribution in [2.75, 3.05) is 17.7 Å². The number of aryl methyl sites for hydroxylation is 1. The number of hydrogen-bond donors (Lipinski definition) is 3. The number of hydrogen-bond acceptors (Lipinski definition) is 5. The molecule has 2 amide bonds. The summed E-state index contributed by atoms with van der Waals surface area (Å²) in [6.45, 7) is 1.68. The van der Waals surface area contributed by atoms with Crippen LogP contribution in [0, 0.1) is 0 Å². The fraction of sp³-hybridized carbons (Fsp3) is 0.312. The van der Waals surface area contributed by atoms with Crippen LogP contribution in [-0.4, -0.2) is 34.7 Å². The van der Waals surface area contributed by atoms with Crippen LogP contribution in [0.25, 0.3) is 0 Å². The molecule has 2 unspecified atom stereocenters.